The number of nitrogens with zero attached hydrogens (tertiary/aromatic N) is 4. The molecule has 3 aliphatic rings. The van der Waals surface area contributed by atoms with Crippen molar-refractivity contribution in [2.45, 2.75) is 63.3 Å². The molecule has 26 heavy (non-hydrogen) atoms. The zero-order valence-corrected chi connectivity index (χ0v) is 15.8. The van der Waals surface area contributed by atoms with Gasteiger partial charge >= 0.3 is 0 Å². The number of amides is 2. The minimum absolute atomic E-state index is 0.126. The van der Waals surface area contributed by atoms with Crippen molar-refractivity contribution < 1.29 is 9.59 Å². The quantitative estimate of drug-likeness (QED) is 0.833. The predicted octanol–water partition coefficient (Wildman–Crippen LogP) is 2.31. The Morgan fingerprint density at radius 1 is 1.12 bits per heavy atom. The Balaban J connectivity index is 1.31. The summed E-state index contributed by atoms with van der Waals surface area (Å²) in [6, 6.07) is 0.380. The first kappa shape index (κ1) is 17.6. The smallest absolute Gasteiger partial charge is 0.227 e. The largest absolute Gasteiger partial charge is 0.342 e. The molecule has 3 fully saturated rings. The third-order valence-corrected chi connectivity index (χ3v) is 6.53. The molecule has 0 aromatic carbocycles. The van der Waals surface area contributed by atoms with Crippen LogP contribution in [0.1, 0.15) is 62.8 Å². The van der Waals surface area contributed by atoms with Crippen LogP contribution in [0, 0.1) is 5.92 Å². The Kier molecular flexibility index (Phi) is 5.00. The third kappa shape index (κ3) is 3.51. The molecule has 1 aromatic heterocycles. The van der Waals surface area contributed by atoms with Gasteiger partial charge in [0, 0.05) is 45.3 Å². The van der Waals surface area contributed by atoms with Gasteiger partial charge in [0.1, 0.15) is 0 Å². The van der Waals surface area contributed by atoms with Gasteiger partial charge < -0.3 is 9.80 Å². The van der Waals surface area contributed by atoms with E-state index in [9.17, 15) is 9.59 Å². The normalized spacial score (nSPS) is 25.9. The third-order valence-electron chi connectivity index (χ3n) is 6.53. The first-order chi connectivity index (χ1) is 12.6. The SMILES string of the molecule is Cn1cc(C2CCN(C(=O)C3CC(=O)N(C4CCCCC4)C3)CC2)cn1. The summed E-state index contributed by atoms with van der Waals surface area (Å²) in [6.07, 6.45) is 12.4. The summed E-state index contributed by atoms with van der Waals surface area (Å²) in [7, 11) is 1.94. The van der Waals surface area contributed by atoms with Crippen LogP contribution in [0.15, 0.2) is 12.4 Å². The van der Waals surface area contributed by atoms with Gasteiger partial charge in [0.2, 0.25) is 11.8 Å². The molecule has 1 saturated carbocycles. The van der Waals surface area contributed by atoms with Gasteiger partial charge in [0.05, 0.1) is 12.1 Å². The lowest BCUT2D eigenvalue weighted by Gasteiger charge is -2.34. The minimum Gasteiger partial charge on any atom is -0.342 e. The van der Waals surface area contributed by atoms with Gasteiger partial charge in [-0.3, -0.25) is 14.3 Å². The van der Waals surface area contributed by atoms with Crippen molar-refractivity contribution in [1.29, 1.82) is 0 Å². The van der Waals surface area contributed by atoms with Crippen LogP contribution in [-0.2, 0) is 16.6 Å². The first-order valence-corrected chi connectivity index (χ1v) is 10.2. The second-order valence-corrected chi connectivity index (χ2v) is 8.29. The van der Waals surface area contributed by atoms with Gasteiger partial charge in [-0.05, 0) is 37.2 Å². The van der Waals surface area contributed by atoms with Crippen molar-refractivity contribution in [1.82, 2.24) is 19.6 Å². The van der Waals surface area contributed by atoms with Crippen LogP contribution >= 0.6 is 0 Å². The monoisotopic (exact) mass is 358 g/mol. The summed E-state index contributed by atoms with van der Waals surface area (Å²) in [6.45, 7) is 2.24. The number of aromatic nitrogens is 2. The molecule has 2 amide bonds. The Morgan fingerprint density at radius 2 is 1.85 bits per heavy atom. The fourth-order valence-electron chi connectivity index (χ4n) is 4.99. The van der Waals surface area contributed by atoms with E-state index in [1.165, 1.54) is 24.8 Å². The summed E-state index contributed by atoms with van der Waals surface area (Å²) in [5.41, 5.74) is 1.28. The van der Waals surface area contributed by atoms with Gasteiger partial charge in [-0.1, -0.05) is 19.3 Å². The Hall–Kier alpha value is -1.85. The van der Waals surface area contributed by atoms with Crippen LogP contribution in [0.3, 0.4) is 0 Å². The molecule has 6 heteroatoms. The lowest BCUT2D eigenvalue weighted by molar-refractivity contribution is -0.136. The molecular weight excluding hydrogens is 328 g/mol. The van der Waals surface area contributed by atoms with E-state index >= 15 is 0 Å². The number of aryl methyl sites for hydroxylation is 1. The van der Waals surface area contributed by atoms with Crippen LogP contribution in [0.2, 0.25) is 0 Å². The highest BCUT2D eigenvalue weighted by Gasteiger charge is 2.40. The van der Waals surface area contributed by atoms with E-state index < -0.39 is 0 Å². The average Bonchev–Trinajstić information content (AvgIpc) is 3.28. The second-order valence-electron chi connectivity index (χ2n) is 8.29. The molecule has 2 aliphatic heterocycles. The zero-order chi connectivity index (χ0) is 18.1. The molecule has 1 aromatic rings. The number of likely N-dealkylation sites (tertiary alicyclic amines) is 2. The Bertz CT molecular complexity index is 657. The van der Waals surface area contributed by atoms with Crippen LogP contribution < -0.4 is 0 Å². The van der Waals surface area contributed by atoms with E-state index in [1.54, 1.807) is 0 Å². The molecule has 4 rings (SSSR count). The van der Waals surface area contributed by atoms with Crippen molar-refractivity contribution in [2.75, 3.05) is 19.6 Å². The number of hydrogen-bond acceptors (Lipinski definition) is 3. The molecular formula is C20H30N4O2. The molecule has 0 radical (unpaired) electrons. The highest BCUT2D eigenvalue weighted by Crippen LogP contribution is 2.32. The highest BCUT2D eigenvalue weighted by molar-refractivity contribution is 5.89. The summed E-state index contributed by atoms with van der Waals surface area (Å²) in [4.78, 5) is 29.4. The van der Waals surface area contributed by atoms with Crippen molar-refractivity contribution in [3.8, 4) is 0 Å². The molecule has 3 heterocycles. The topological polar surface area (TPSA) is 58.4 Å². The predicted molar refractivity (Wildman–Crippen MR) is 98.5 cm³/mol. The Labute approximate surface area is 155 Å². The molecule has 0 bridgehead atoms. The first-order valence-electron chi connectivity index (χ1n) is 10.2. The highest BCUT2D eigenvalue weighted by atomic mass is 16.2. The Morgan fingerprint density at radius 3 is 2.50 bits per heavy atom. The van der Waals surface area contributed by atoms with Gasteiger partial charge in [0.15, 0.2) is 0 Å². The number of rotatable bonds is 3. The molecule has 1 unspecified atom stereocenters. The maximum Gasteiger partial charge on any atom is 0.227 e. The van der Waals surface area contributed by atoms with E-state index in [1.807, 2.05) is 27.7 Å². The summed E-state index contributed by atoms with van der Waals surface area (Å²) >= 11 is 0. The van der Waals surface area contributed by atoms with Crippen molar-refractivity contribution in [3.05, 3.63) is 18.0 Å². The van der Waals surface area contributed by atoms with Crippen LogP contribution in [-0.4, -0.2) is 57.1 Å². The number of hydrogen-bond donors (Lipinski definition) is 0. The molecule has 0 spiro atoms. The molecule has 6 nitrogen and oxygen atoms in total. The summed E-state index contributed by atoms with van der Waals surface area (Å²) in [5.74, 6) is 0.762. The fourth-order valence-corrected chi connectivity index (χ4v) is 4.99. The average molecular weight is 358 g/mol. The number of carbonyl (C=O) groups is 2. The van der Waals surface area contributed by atoms with Gasteiger partial charge in [0.25, 0.3) is 0 Å². The van der Waals surface area contributed by atoms with Gasteiger partial charge in [-0.2, -0.15) is 5.10 Å². The second kappa shape index (κ2) is 7.41. The molecule has 1 atom stereocenters. The molecule has 142 valence electrons. The van der Waals surface area contributed by atoms with Gasteiger partial charge in [-0.15, -0.1) is 0 Å². The van der Waals surface area contributed by atoms with Gasteiger partial charge in [-0.25, -0.2) is 0 Å². The number of carbonyl (C=O) groups excluding carboxylic acids is 2. The molecule has 2 saturated heterocycles. The summed E-state index contributed by atoms with van der Waals surface area (Å²) in [5, 5.41) is 4.26. The standard InChI is InChI=1S/C20H30N4O2/c1-22-13-17(12-21-22)15-7-9-23(10-8-15)20(26)16-11-19(25)24(14-16)18-5-3-2-4-6-18/h12-13,15-16,18H,2-11,14H2,1H3. The van der Waals surface area contributed by atoms with E-state index in [4.69, 9.17) is 0 Å². The van der Waals surface area contributed by atoms with Crippen molar-refractivity contribution >= 4 is 11.8 Å². The minimum atomic E-state index is -0.126. The summed E-state index contributed by atoms with van der Waals surface area (Å²) < 4.78 is 1.84. The van der Waals surface area contributed by atoms with E-state index in [0.717, 1.165) is 38.8 Å². The lowest BCUT2D eigenvalue weighted by atomic mass is 9.91. The van der Waals surface area contributed by atoms with Crippen molar-refractivity contribution in [3.63, 3.8) is 0 Å². The van der Waals surface area contributed by atoms with Crippen molar-refractivity contribution in [2.24, 2.45) is 13.0 Å². The van der Waals surface area contributed by atoms with Crippen LogP contribution in [0.25, 0.3) is 0 Å². The maximum absolute atomic E-state index is 13.0. The van der Waals surface area contributed by atoms with Crippen LogP contribution in [0.4, 0.5) is 0 Å². The lowest BCUT2D eigenvalue weighted by Crippen LogP contribution is -2.43. The zero-order valence-electron chi connectivity index (χ0n) is 15.8. The molecule has 0 N–H and O–H groups in total. The van der Waals surface area contributed by atoms with Crippen LogP contribution in [0.5, 0.6) is 0 Å². The van der Waals surface area contributed by atoms with E-state index in [0.29, 0.717) is 24.9 Å². The van der Waals surface area contributed by atoms with E-state index in [2.05, 4.69) is 11.3 Å². The fraction of sp³-hybridized carbons (Fsp3) is 0.750. The molecule has 1 aliphatic carbocycles. The number of piperidine rings is 1. The van der Waals surface area contributed by atoms with E-state index in [-0.39, 0.29) is 17.7 Å². The maximum atomic E-state index is 13.0.